The topological polar surface area (TPSA) is 59.1 Å². The minimum Gasteiger partial charge on any atom is -0.261 e. The summed E-state index contributed by atoms with van der Waals surface area (Å²) in [4.78, 5) is 4.11. The number of nitrogens with zero attached hydrogens (tertiary/aromatic N) is 1. The second kappa shape index (κ2) is 7.54. The molecule has 6 heteroatoms. The summed E-state index contributed by atoms with van der Waals surface area (Å²) in [5.74, 6) is 0.00239. The number of nitrogens with one attached hydrogen (secondary N) is 1. The van der Waals surface area contributed by atoms with E-state index in [-0.39, 0.29) is 17.7 Å². The summed E-state index contributed by atoms with van der Waals surface area (Å²) in [6.07, 6.45) is 2.04. The van der Waals surface area contributed by atoms with Crippen molar-refractivity contribution >= 4 is 21.6 Å². The highest BCUT2D eigenvalue weighted by molar-refractivity contribution is 7.89. The van der Waals surface area contributed by atoms with E-state index in [1.807, 2.05) is 42.5 Å². The number of hydrogen-bond acceptors (Lipinski definition) is 3. The standard InChI is InChI=1S/C15H17ClN2O2S/c16-15(13-6-2-1-3-7-13)12-18-21(19,20)11-9-14-8-4-5-10-17-14/h1-8,10,15,18H,9,11-12H2. The van der Waals surface area contributed by atoms with Crippen LogP contribution >= 0.6 is 11.6 Å². The van der Waals surface area contributed by atoms with Crippen LogP contribution in [0.2, 0.25) is 0 Å². The molecule has 2 aromatic rings. The fourth-order valence-corrected chi connectivity index (χ4v) is 3.19. The molecule has 1 heterocycles. The van der Waals surface area contributed by atoms with Crippen LogP contribution in [0.3, 0.4) is 0 Å². The van der Waals surface area contributed by atoms with Gasteiger partial charge in [0.25, 0.3) is 0 Å². The first kappa shape index (κ1) is 15.9. The van der Waals surface area contributed by atoms with Crippen molar-refractivity contribution in [3.8, 4) is 0 Å². The van der Waals surface area contributed by atoms with Crippen molar-refractivity contribution in [1.29, 1.82) is 0 Å². The van der Waals surface area contributed by atoms with Crippen LogP contribution in [0.1, 0.15) is 16.6 Å². The van der Waals surface area contributed by atoms with Gasteiger partial charge in [0.1, 0.15) is 0 Å². The van der Waals surface area contributed by atoms with Gasteiger partial charge in [-0.15, -0.1) is 11.6 Å². The molecule has 1 atom stereocenters. The molecule has 0 aliphatic rings. The van der Waals surface area contributed by atoms with Gasteiger partial charge in [-0.05, 0) is 17.7 Å². The molecule has 0 saturated carbocycles. The monoisotopic (exact) mass is 324 g/mol. The van der Waals surface area contributed by atoms with E-state index in [9.17, 15) is 8.42 Å². The lowest BCUT2D eigenvalue weighted by Gasteiger charge is -2.11. The van der Waals surface area contributed by atoms with Crippen LogP contribution < -0.4 is 4.72 Å². The van der Waals surface area contributed by atoms with Crippen molar-refractivity contribution in [2.24, 2.45) is 0 Å². The number of sulfonamides is 1. The Balaban J connectivity index is 1.84. The highest BCUT2D eigenvalue weighted by Gasteiger charge is 2.14. The Hall–Kier alpha value is -1.43. The molecule has 0 bridgehead atoms. The second-order valence-electron chi connectivity index (χ2n) is 4.62. The Morgan fingerprint density at radius 2 is 1.81 bits per heavy atom. The summed E-state index contributed by atoms with van der Waals surface area (Å²) in [7, 11) is -3.36. The molecule has 0 spiro atoms. The van der Waals surface area contributed by atoms with E-state index in [0.29, 0.717) is 6.42 Å². The highest BCUT2D eigenvalue weighted by Crippen LogP contribution is 2.18. The van der Waals surface area contributed by atoms with Crippen molar-refractivity contribution in [2.75, 3.05) is 12.3 Å². The summed E-state index contributed by atoms with van der Waals surface area (Å²) in [5.41, 5.74) is 1.65. The molecule has 4 nitrogen and oxygen atoms in total. The number of halogens is 1. The lowest BCUT2D eigenvalue weighted by Crippen LogP contribution is -2.30. The molecule has 0 fully saturated rings. The fraction of sp³-hybridized carbons (Fsp3) is 0.267. The van der Waals surface area contributed by atoms with Crippen molar-refractivity contribution in [1.82, 2.24) is 9.71 Å². The van der Waals surface area contributed by atoms with E-state index < -0.39 is 10.0 Å². The Labute approximate surface area is 130 Å². The second-order valence-corrected chi connectivity index (χ2v) is 7.07. The largest absolute Gasteiger partial charge is 0.261 e. The first-order valence-corrected chi connectivity index (χ1v) is 8.72. The van der Waals surface area contributed by atoms with Gasteiger partial charge in [-0.25, -0.2) is 13.1 Å². The zero-order valence-corrected chi connectivity index (χ0v) is 13.0. The summed E-state index contributed by atoms with van der Waals surface area (Å²) in [5, 5.41) is -0.379. The van der Waals surface area contributed by atoms with E-state index in [1.165, 1.54) is 0 Å². The Morgan fingerprint density at radius 1 is 1.10 bits per heavy atom. The van der Waals surface area contributed by atoms with Crippen molar-refractivity contribution < 1.29 is 8.42 Å². The molecule has 1 aromatic heterocycles. The van der Waals surface area contributed by atoms with Crippen LogP contribution in [-0.2, 0) is 16.4 Å². The molecule has 0 saturated heterocycles. The van der Waals surface area contributed by atoms with E-state index in [4.69, 9.17) is 11.6 Å². The van der Waals surface area contributed by atoms with Crippen LogP contribution in [0, 0.1) is 0 Å². The number of aromatic nitrogens is 1. The maximum atomic E-state index is 11.9. The number of benzene rings is 1. The summed E-state index contributed by atoms with van der Waals surface area (Å²) in [6, 6.07) is 14.8. The molecule has 0 aliphatic heterocycles. The number of hydrogen-bond donors (Lipinski definition) is 1. The molecule has 0 radical (unpaired) electrons. The molecule has 112 valence electrons. The molecule has 2 rings (SSSR count). The van der Waals surface area contributed by atoms with Gasteiger partial charge in [0, 0.05) is 24.9 Å². The predicted molar refractivity (Wildman–Crippen MR) is 84.8 cm³/mol. The van der Waals surface area contributed by atoms with Crippen molar-refractivity contribution in [2.45, 2.75) is 11.8 Å². The highest BCUT2D eigenvalue weighted by atomic mass is 35.5. The first-order chi connectivity index (χ1) is 10.1. The summed E-state index contributed by atoms with van der Waals surface area (Å²) in [6.45, 7) is 0.177. The van der Waals surface area contributed by atoms with Crippen molar-refractivity contribution in [3.05, 3.63) is 66.0 Å². The van der Waals surface area contributed by atoms with E-state index in [1.54, 1.807) is 12.3 Å². The fourth-order valence-electron chi connectivity index (χ4n) is 1.84. The number of rotatable bonds is 7. The van der Waals surface area contributed by atoms with Crippen LogP contribution in [-0.4, -0.2) is 25.7 Å². The minimum atomic E-state index is -3.36. The summed E-state index contributed by atoms with van der Waals surface area (Å²) < 4.78 is 26.4. The Morgan fingerprint density at radius 3 is 2.48 bits per heavy atom. The molecule has 0 aliphatic carbocycles. The maximum Gasteiger partial charge on any atom is 0.212 e. The van der Waals surface area contributed by atoms with Crippen LogP contribution in [0.15, 0.2) is 54.7 Å². The average molecular weight is 325 g/mol. The molecule has 0 amide bonds. The smallest absolute Gasteiger partial charge is 0.212 e. The summed E-state index contributed by atoms with van der Waals surface area (Å²) >= 11 is 6.19. The molecular weight excluding hydrogens is 308 g/mol. The molecular formula is C15H17ClN2O2S. The normalized spacial score (nSPS) is 13.0. The van der Waals surface area contributed by atoms with Crippen LogP contribution in [0.5, 0.6) is 0 Å². The minimum absolute atomic E-state index is 0.00239. The van der Waals surface area contributed by atoms with Gasteiger partial charge in [0.15, 0.2) is 0 Å². The number of pyridine rings is 1. The third-order valence-corrected chi connectivity index (χ3v) is 4.75. The quantitative estimate of drug-likeness (QED) is 0.796. The van der Waals surface area contributed by atoms with Crippen LogP contribution in [0.4, 0.5) is 0 Å². The zero-order chi connectivity index (χ0) is 15.1. The van der Waals surface area contributed by atoms with E-state index in [0.717, 1.165) is 11.3 Å². The number of aryl methyl sites for hydroxylation is 1. The van der Waals surface area contributed by atoms with Gasteiger partial charge in [0.05, 0.1) is 11.1 Å². The third kappa shape index (κ3) is 5.46. The molecule has 1 unspecified atom stereocenters. The van der Waals surface area contributed by atoms with E-state index >= 15 is 0 Å². The van der Waals surface area contributed by atoms with Gasteiger partial charge in [-0.1, -0.05) is 36.4 Å². The molecule has 1 aromatic carbocycles. The van der Waals surface area contributed by atoms with Gasteiger partial charge in [-0.2, -0.15) is 0 Å². The van der Waals surface area contributed by atoms with Gasteiger partial charge >= 0.3 is 0 Å². The zero-order valence-electron chi connectivity index (χ0n) is 11.4. The van der Waals surface area contributed by atoms with Crippen LogP contribution in [0.25, 0.3) is 0 Å². The van der Waals surface area contributed by atoms with Gasteiger partial charge in [0.2, 0.25) is 10.0 Å². The molecule has 21 heavy (non-hydrogen) atoms. The average Bonchev–Trinajstić information content (AvgIpc) is 2.53. The SMILES string of the molecule is O=S(=O)(CCc1ccccn1)NCC(Cl)c1ccccc1. The lowest BCUT2D eigenvalue weighted by molar-refractivity contribution is 0.579. The molecule has 1 N–H and O–H groups in total. The first-order valence-electron chi connectivity index (χ1n) is 6.63. The third-order valence-electron chi connectivity index (χ3n) is 3.00. The van der Waals surface area contributed by atoms with Crippen molar-refractivity contribution in [3.63, 3.8) is 0 Å². The van der Waals surface area contributed by atoms with Gasteiger partial charge in [-0.3, -0.25) is 4.98 Å². The van der Waals surface area contributed by atoms with Gasteiger partial charge < -0.3 is 0 Å². The van der Waals surface area contributed by atoms with E-state index in [2.05, 4.69) is 9.71 Å². The number of alkyl halides is 1. The maximum absolute atomic E-state index is 11.9. The lowest BCUT2D eigenvalue weighted by atomic mass is 10.1. The Kier molecular flexibility index (Phi) is 5.73. The Bertz CT molecular complexity index is 648. The predicted octanol–water partition coefficient (Wildman–Crippen LogP) is 2.52.